The summed E-state index contributed by atoms with van der Waals surface area (Å²) in [5.74, 6) is -0.894. The Balaban J connectivity index is 1.82. The fourth-order valence-electron chi connectivity index (χ4n) is 1.86. The molecular formula is C14H11N3O3S2. The van der Waals surface area contributed by atoms with Gasteiger partial charge in [-0.25, -0.2) is 0 Å². The number of nitrogens with zero attached hydrogens (tertiary/aromatic N) is 2. The zero-order valence-corrected chi connectivity index (χ0v) is 12.8. The minimum Gasteiger partial charge on any atom is -0.506 e. The number of aromatic nitrogens is 2. The number of rotatable bonds is 5. The predicted octanol–water partition coefficient (Wildman–Crippen LogP) is 3.34. The second-order valence-electron chi connectivity index (χ2n) is 4.44. The largest absolute Gasteiger partial charge is 0.506 e. The number of aromatic hydroxyl groups is 1. The van der Waals surface area contributed by atoms with Crippen molar-refractivity contribution < 1.29 is 15.0 Å². The van der Waals surface area contributed by atoms with Gasteiger partial charge >= 0.3 is 5.97 Å². The van der Waals surface area contributed by atoms with Gasteiger partial charge in [-0.2, -0.15) is 0 Å². The Hall–Kier alpha value is -2.45. The molecule has 8 heteroatoms. The average molecular weight is 333 g/mol. The second-order valence-corrected chi connectivity index (χ2v) is 6.36. The van der Waals surface area contributed by atoms with Crippen molar-refractivity contribution in [1.29, 1.82) is 0 Å². The number of nitrogens with one attached hydrogen (secondary N) is 1. The zero-order valence-electron chi connectivity index (χ0n) is 11.2. The van der Waals surface area contributed by atoms with E-state index < -0.39 is 5.97 Å². The number of hydrogen-bond acceptors (Lipinski definition) is 7. The van der Waals surface area contributed by atoms with Crippen LogP contribution >= 0.6 is 22.7 Å². The third-order valence-electron chi connectivity index (χ3n) is 2.81. The topological polar surface area (TPSA) is 95.3 Å². The monoisotopic (exact) mass is 333 g/mol. The molecule has 22 heavy (non-hydrogen) atoms. The molecule has 2 heterocycles. The summed E-state index contributed by atoms with van der Waals surface area (Å²) in [4.78, 5) is 11.8. The van der Waals surface area contributed by atoms with Crippen LogP contribution in [0, 0.1) is 0 Å². The third-order valence-corrected chi connectivity index (χ3v) is 4.69. The van der Waals surface area contributed by atoms with Crippen LogP contribution < -0.4 is 5.32 Å². The molecule has 0 aliphatic carbocycles. The van der Waals surface area contributed by atoms with Crippen LogP contribution in [0.15, 0.2) is 35.7 Å². The fourth-order valence-corrected chi connectivity index (χ4v) is 3.40. The van der Waals surface area contributed by atoms with Crippen LogP contribution in [0.1, 0.15) is 5.56 Å². The van der Waals surface area contributed by atoms with Gasteiger partial charge < -0.3 is 15.5 Å². The molecule has 0 fully saturated rings. The lowest BCUT2D eigenvalue weighted by atomic mass is 10.1. The number of benzene rings is 1. The number of phenols is 1. The molecule has 0 aliphatic rings. The van der Waals surface area contributed by atoms with Gasteiger partial charge in [0.2, 0.25) is 5.13 Å². The summed E-state index contributed by atoms with van der Waals surface area (Å²) in [5, 5.41) is 33.1. The van der Waals surface area contributed by atoms with E-state index in [4.69, 9.17) is 5.11 Å². The SMILES string of the molecule is O=C(O)Cc1ccc(O)c(Nc2nnc(-c3cccs3)s2)c1. The molecule has 0 aliphatic heterocycles. The summed E-state index contributed by atoms with van der Waals surface area (Å²) in [6.45, 7) is 0. The molecule has 2 aromatic heterocycles. The van der Waals surface area contributed by atoms with Gasteiger partial charge in [0.15, 0.2) is 5.01 Å². The predicted molar refractivity (Wildman–Crippen MR) is 86.0 cm³/mol. The Morgan fingerprint density at radius 1 is 1.27 bits per heavy atom. The van der Waals surface area contributed by atoms with Gasteiger partial charge in [-0.1, -0.05) is 23.5 Å². The van der Waals surface area contributed by atoms with E-state index in [1.165, 1.54) is 17.4 Å². The number of carbonyl (C=O) groups is 1. The van der Waals surface area contributed by atoms with Crippen LogP contribution in [-0.4, -0.2) is 26.4 Å². The van der Waals surface area contributed by atoms with Crippen molar-refractivity contribution >= 4 is 39.5 Å². The van der Waals surface area contributed by atoms with E-state index in [1.54, 1.807) is 23.5 Å². The molecule has 0 saturated heterocycles. The Kier molecular flexibility index (Phi) is 4.03. The number of phenolic OH excluding ortho intramolecular Hbond substituents is 1. The molecule has 0 bridgehead atoms. The van der Waals surface area contributed by atoms with E-state index in [1.807, 2.05) is 17.5 Å². The molecule has 0 atom stereocenters. The normalized spacial score (nSPS) is 10.5. The molecule has 0 amide bonds. The van der Waals surface area contributed by atoms with Gasteiger partial charge in [-0.15, -0.1) is 21.5 Å². The van der Waals surface area contributed by atoms with Crippen molar-refractivity contribution in [1.82, 2.24) is 10.2 Å². The summed E-state index contributed by atoms with van der Waals surface area (Å²) in [6.07, 6.45) is -0.106. The summed E-state index contributed by atoms with van der Waals surface area (Å²) in [6, 6.07) is 8.53. The number of anilines is 2. The van der Waals surface area contributed by atoms with E-state index in [2.05, 4.69) is 15.5 Å². The van der Waals surface area contributed by atoms with E-state index in [0.29, 0.717) is 16.4 Å². The van der Waals surface area contributed by atoms with Crippen LogP contribution in [0.5, 0.6) is 5.75 Å². The molecule has 3 rings (SSSR count). The highest BCUT2D eigenvalue weighted by Crippen LogP contribution is 2.33. The molecule has 3 N–H and O–H groups in total. The Labute approximate surface area is 133 Å². The zero-order chi connectivity index (χ0) is 15.5. The number of carboxylic acid groups (broad SMARTS) is 1. The fraction of sp³-hybridized carbons (Fsp3) is 0.0714. The summed E-state index contributed by atoms with van der Waals surface area (Å²) >= 11 is 2.94. The van der Waals surface area contributed by atoms with Gasteiger partial charge in [0.25, 0.3) is 0 Å². The molecule has 6 nitrogen and oxygen atoms in total. The second kappa shape index (κ2) is 6.12. The quantitative estimate of drug-likeness (QED) is 0.620. The minimum atomic E-state index is -0.924. The summed E-state index contributed by atoms with van der Waals surface area (Å²) < 4.78 is 0. The van der Waals surface area contributed by atoms with E-state index >= 15 is 0 Å². The van der Waals surface area contributed by atoms with Gasteiger partial charge in [-0.05, 0) is 29.1 Å². The molecule has 3 aromatic rings. The van der Waals surface area contributed by atoms with Gasteiger partial charge in [0.1, 0.15) is 5.75 Å². The lowest BCUT2D eigenvalue weighted by Crippen LogP contribution is -2.00. The van der Waals surface area contributed by atoms with Gasteiger partial charge in [0.05, 0.1) is 17.0 Å². The van der Waals surface area contributed by atoms with Crippen molar-refractivity contribution in [3.63, 3.8) is 0 Å². The van der Waals surface area contributed by atoms with Crippen molar-refractivity contribution in [3.05, 3.63) is 41.3 Å². The number of thiophene rings is 1. The molecule has 112 valence electrons. The molecule has 0 saturated carbocycles. The first-order chi connectivity index (χ1) is 10.6. The number of hydrogen-bond donors (Lipinski definition) is 3. The number of carboxylic acids is 1. The molecule has 0 unspecified atom stereocenters. The highest BCUT2D eigenvalue weighted by atomic mass is 32.1. The van der Waals surface area contributed by atoms with E-state index in [9.17, 15) is 9.90 Å². The molecule has 1 aromatic carbocycles. The maximum atomic E-state index is 10.8. The first-order valence-electron chi connectivity index (χ1n) is 6.30. The minimum absolute atomic E-state index is 0.0296. The Bertz CT molecular complexity index is 800. The summed E-state index contributed by atoms with van der Waals surface area (Å²) in [5.41, 5.74) is 1.00. The van der Waals surface area contributed by atoms with E-state index in [-0.39, 0.29) is 12.2 Å². The van der Waals surface area contributed by atoms with Crippen molar-refractivity contribution in [2.24, 2.45) is 0 Å². The number of aliphatic carboxylic acids is 1. The van der Waals surface area contributed by atoms with Crippen molar-refractivity contribution in [2.45, 2.75) is 6.42 Å². The Morgan fingerprint density at radius 2 is 2.14 bits per heavy atom. The van der Waals surface area contributed by atoms with Crippen LogP contribution in [0.25, 0.3) is 9.88 Å². The van der Waals surface area contributed by atoms with E-state index in [0.717, 1.165) is 9.88 Å². The summed E-state index contributed by atoms with van der Waals surface area (Å²) in [7, 11) is 0. The van der Waals surface area contributed by atoms with Crippen LogP contribution in [0.2, 0.25) is 0 Å². The van der Waals surface area contributed by atoms with Gasteiger partial charge in [-0.3, -0.25) is 4.79 Å². The molecule has 0 radical (unpaired) electrons. The maximum absolute atomic E-state index is 10.8. The molecule has 0 spiro atoms. The smallest absolute Gasteiger partial charge is 0.307 e. The van der Waals surface area contributed by atoms with Crippen LogP contribution in [-0.2, 0) is 11.2 Å². The Morgan fingerprint density at radius 3 is 2.86 bits per heavy atom. The average Bonchev–Trinajstić information content (AvgIpc) is 3.12. The lowest BCUT2D eigenvalue weighted by molar-refractivity contribution is -0.136. The van der Waals surface area contributed by atoms with Gasteiger partial charge in [0, 0.05) is 0 Å². The van der Waals surface area contributed by atoms with Crippen molar-refractivity contribution in [2.75, 3.05) is 5.32 Å². The van der Waals surface area contributed by atoms with Crippen LogP contribution in [0.4, 0.5) is 10.8 Å². The first kappa shape index (κ1) is 14.5. The third kappa shape index (κ3) is 3.23. The van der Waals surface area contributed by atoms with Crippen molar-refractivity contribution in [3.8, 4) is 15.6 Å². The van der Waals surface area contributed by atoms with Crippen LogP contribution in [0.3, 0.4) is 0 Å². The highest BCUT2D eigenvalue weighted by molar-refractivity contribution is 7.22. The maximum Gasteiger partial charge on any atom is 0.307 e. The highest BCUT2D eigenvalue weighted by Gasteiger charge is 2.11. The standard InChI is InChI=1S/C14H11N3O3S2/c18-10-4-3-8(7-12(19)20)6-9(10)15-14-17-16-13(22-14)11-2-1-5-21-11/h1-6,18H,7H2,(H,15,17)(H,19,20). The first-order valence-corrected chi connectivity index (χ1v) is 7.99. The molecular weight excluding hydrogens is 322 g/mol. The lowest BCUT2D eigenvalue weighted by Gasteiger charge is -2.06.